The Bertz CT molecular complexity index is 274. The Balaban J connectivity index is 2.73. The summed E-state index contributed by atoms with van der Waals surface area (Å²) in [4.78, 5) is 1.37. The van der Waals surface area contributed by atoms with Crippen LogP contribution in [0.25, 0.3) is 0 Å². The summed E-state index contributed by atoms with van der Waals surface area (Å²) in [6.45, 7) is 1.78. The van der Waals surface area contributed by atoms with E-state index in [9.17, 15) is 10.2 Å². The zero-order valence-corrected chi connectivity index (χ0v) is 8.51. The van der Waals surface area contributed by atoms with Gasteiger partial charge in [0, 0.05) is 11.8 Å². The fraction of sp³-hybridized carbons (Fsp3) is 0.875. The Morgan fingerprint density at radius 1 is 1.36 bits per heavy atom. The number of nitrogens with zero attached hydrogens (tertiary/aromatic N) is 4. The molecular formula is C8H16N4O2. The van der Waals surface area contributed by atoms with Crippen molar-refractivity contribution in [3.8, 4) is 0 Å². The molecule has 0 aliphatic heterocycles. The van der Waals surface area contributed by atoms with E-state index in [1.807, 2.05) is 6.92 Å². The Labute approximate surface area is 82.6 Å². The Hall–Kier alpha value is -1.01. The summed E-state index contributed by atoms with van der Waals surface area (Å²) >= 11 is 0. The molecule has 1 heterocycles. The SMILES string of the molecule is CCC(CO)(CO)Cc1nnn(C)n1. The molecule has 0 aromatic carbocycles. The van der Waals surface area contributed by atoms with Crippen LogP contribution in [-0.2, 0) is 13.5 Å². The van der Waals surface area contributed by atoms with Gasteiger partial charge in [0.05, 0.1) is 20.3 Å². The Morgan fingerprint density at radius 2 is 2.00 bits per heavy atom. The van der Waals surface area contributed by atoms with Crippen LogP contribution in [0.5, 0.6) is 0 Å². The first-order valence-corrected chi connectivity index (χ1v) is 4.60. The number of rotatable bonds is 5. The molecule has 0 fully saturated rings. The van der Waals surface area contributed by atoms with Gasteiger partial charge in [0.15, 0.2) is 5.82 Å². The number of aliphatic hydroxyl groups excluding tert-OH is 2. The summed E-state index contributed by atoms with van der Waals surface area (Å²) in [5.41, 5.74) is -0.525. The highest BCUT2D eigenvalue weighted by Gasteiger charge is 2.28. The summed E-state index contributed by atoms with van der Waals surface area (Å²) in [6, 6.07) is 0. The maximum atomic E-state index is 9.20. The lowest BCUT2D eigenvalue weighted by Crippen LogP contribution is -2.32. The van der Waals surface area contributed by atoms with E-state index in [0.29, 0.717) is 18.7 Å². The van der Waals surface area contributed by atoms with Gasteiger partial charge in [-0.2, -0.15) is 4.80 Å². The van der Waals surface area contributed by atoms with Crippen molar-refractivity contribution in [1.82, 2.24) is 20.2 Å². The Morgan fingerprint density at radius 3 is 2.36 bits per heavy atom. The quantitative estimate of drug-likeness (QED) is 0.645. The van der Waals surface area contributed by atoms with Crippen LogP contribution in [0.2, 0.25) is 0 Å². The van der Waals surface area contributed by atoms with Gasteiger partial charge in [0.2, 0.25) is 0 Å². The highest BCUT2D eigenvalue weighted by Crippen LogP contribution is 2.24. The first-order chi connectivity index (χ1) is 6.65. The fourth-order valence-electron chi connectivity index (χ4n) is 1.24. The van der Waals surface area contributed by atoms with Crippen molar-refractivity contribution in [3.63, 3.8) is 0 Å². The van der Waals surface area contributed by atoms with Crippen LogP contribution in [0.1, 0.15) is 19.2 Å². The van der Waals surface area contributed by atoms with Crippen molar-refractivity contribution in [2.24, 2.45) is 12.5 Å². The maximum Gasteiger partial charge on any atom is 0.175 e. The molecule has 0 amide bonds. The number of aryl methyl sites for hydroxylation is 1. The number of hydrogen-bond donors (Lipinski definition) is 2. The number of aromatic nitrogens is 4. The van der Waals surface area contributed by atoms with Crippen molar-refractivity contribution in [2.75, 3.05) is 13.2 Å². The first-order valence-electron chi connectivity index (χ1n) is 4.60. The van der Waals surface area contributed by atoms with Gasteiger partial charge < -0.3 is 10.2 Å². The molecule has 0 aliphatic rings. The van der Waals surface area contributed by atoms with Gasteiger partial charge in [-0.1, -0.05) is 6.92 Å². The minimum Gasteiger partial charge on any atom is -0.396 e. The fourth-order valence-corrected chi connectivity index (χ4v) is 1.24. The number of hydrogen-bond acceptors (Lipinski definition) is 5. The lowest BCUT2D eigenvalue weighted by molar-refractivity contribution is 0.0497. The molecule has 6 nitrogen and oxygen atoms in total. The standard InChI is InChI=1S/C8H16N4O2/c1-3-8(5-13,6-14)4-7-9-11-12(2)10-7/h13-14H,3-6H2,1-2H3. The van der Waals surface area contributed by atoms with Gasteiger partial charge in [-0.05, 0) is 11.6 Å². The van der Waals surface area contributed by atoms with E-state index in [2.05, 4.69) is 15.4 Å². The monoisotopic (exact) mass is 200 g/mol. The van der Waals surface area contributed by atoms with Gasteiger partial charge in [-0.25, -0.2) is 0 Å². The molecule has 80 valence electrons. The molecule has 2 N–H and O–H groups in total. The summed E-state index contributed by atoms with van der Waals surface area (Å²) in [5.74, 6) is 0.553. The predicted octanol–water partition coefficient (Wildman–Crippen LogP) is -0.866. The topological polar surface area (TPSA) is 84.1 Å². The van der Waals surface area contributed by atoms with Crippen molar-refractivity contribution in [3.05, 3.63) is 5.82 Å². The second-order valence-corrected chi connectivity index (χ2v) is 3.54. The minimum atomic E-state index is -0.525. The van der Waals surface area contributed by atoms with E-state index in [1.165, 1.54) is 4.80 Å². The van der Waals surface area contributed by atoms with E-state index >= 15 is 0 Å². The molecule has 0 aliphatic carbocycles. The second-order valence-electron chi connectivity index (χ2n) is 3.54. The van der Waals surface area contributed by atoms with E-state index in [4.69, 9.17) is 0 Å². The van der Waals surface area contributed by atoms with Gasteiger partial charge in [-0.15, -0.1) is 10.2 Å². The number of aliphatic hydroxyl groups is 2. The largest absolute Gasteiger partial charge is 0.396 e. The van der Waals surface area contributed by atoms with Crippen molar-refractivity contribution in [1.29, 1.82) is 0 Å². The van der Waals surface area contributed by atoms with Crippen LogP contribution in [0.15, 0.2) is 0 Å². The van der Waals surface area contributed by atoms with Crippen LogP contribution < -0.4 is 0 Å². The molecular weight excluding hydrogens is 184 g/mol. The molecule has 1 aromatic rings. The van der Waals surface area contributed by atoms with Crippen LogP contribution in [0, 0.1) is 5.41 Å². The molecule has 0 spiro atoms. The predicted molar refractivity (Wildman–Crippen MR) is 49.4 cm³/mol. The molecule has 1 aromatic heterocycles. The van der Waals surface area contributed by atoms with E-state index < -0.39 is 5.41 Å². The smallest absolute Gasteiger partial charge is 0.175 e. The van der Waals surface area contributed by atoms with Crippen LogP contribution in [0.4, 0.5) is 0 Å². The van der Waals surface area contributed by atoms with Crippen molar-refractivity contribution < 1.29 is 10.2 Å². The molecule has 6 heteroatoms. The zero-order chi connectivity index (χ0) is 10.6. The average Bonchev–Trinajstić information content (AvgIpc) is 2.61. The minimum absolute atomic E-state index is 0.0712. The van der Waals surface area contributed by atoms with Crippen LogP contribution >= 0.6 is 0 Å². The third-order valence-corrected chi connectivity index (χ3v) is 2.50. The van der Waals surface area contributed by atoms with E-state index in [-0.39, 0.29) is 13.2 Å². The molecule has 0 atom stereocenters. The average molecular weight is 200 g/mol. The Kier molecular flexibility index (Phi) is 3.54. The molecule has 0 radical (unpaired) electrons. The lowest BCUT2D eigenvalue weighted by atomic mass is 9.83. The lowest BCUT2D eigenvalue weighted by Gasteiger charge is -2.26. The van der Waals surface area contributed by atoms with Crippen LogP contribution in [-0.4, -0.2) is 43.6 Å². The van der Waals surface area contributed by atoms with Crippen molar-refractivity contribution in [2.45, 2.75) is 19.8 Å². The molecule has 0 unspecified atom stereocenters. The van der Waals surface area contributed by atoms with Crippen molar-refractivity contribution >= 4 is 0 Å². The van der Waals surface area contributed by atoms with E-state index in [1.54, 1.807) is 7.05 Å². The second kappa shape index (κ2) is 4.47. The summed E-state index contributed by atoms with van der Waals surface area (Å²) in [5, 5.41) is 29.9. The molecule has 14 heavy (non-hydrogen) atoms. The first kappa shape index (κ1) is 11.1. The molecule has 1 rings (SSSR count). The highest BCUT2D eigenvalue weighted by atomic mass is 16.3. The summed E-state index contributed by atoms with van der Waals surface area (Å²) in [6.07, 6.45) is 1.13. The molecule has 0 bridgehead atoms. The zero-order valence-electron chi connectivity index (χ0n) is 8.51. The highest BCUT2D eigenvalue weighted by molar-refractivity contribution is 4.89. The molecule has 0 saturated carbocycles. The molecule has 0 saturated heterocycles. The van der Waals surface area contributed by atoms with Gasteiger partial charge in [0.1, 0.15) is 0 Å². The normalized spacial score (nSPS) is 12.0. The maximum absolute atomic E-state index is 9.20. The summed E-state index contributed by atoms with van der Waals surface area (Å²) in [7, 11) is 1.68. The summed E-state index contributed by atoms with van der Waals surface area (Å²) < 4.78 is 0. The van der Waals surface area contributed by atoms with Gasteiger partial charge in [-0.3, -0.25) is 0 Å². The third kappa shape index (κ3) is 2.27. The van der Waals surface area contributed by atoms with E-state index in [0.717, 1.165) is 0 Å². The van der Waals surface area contributed by atoms with Gasteiger partial charge in [0.25, 0.3) is 0 Å². The third-order valence-electron chi connectivity index (χ3n) is 2.50. The number of tetrazole rings is 1. The van der Waals surface area contributed by atoms with Gasteiger partial charge >= 0.3 is 0 Å². The van der Waals surface area contributed by atoms with Crippen LogP contribution in [0.3, 0.4) is 0 Å².